The van der Waals surface area contributed by atoms with Gasteiger partial charge in [0.2, 0.25) is 0 Å². The van der Waals surface area contributed by atoms with Gasteiger partial charge in [0.25, 0.3) is 0 Å². The summed E-state index contributed by atoms with van der Waals surface area (Å²) >= 11 is 0. The number of likely N-dealkylation sites (tertiary alicyclic amines) is 1. The average Bonchev–Trinajstić information content (AvgIpc) is 2.62. The van der Waals surface area contributed by atoms with Crippen LogP contribution in [0, 0.1) is 6.92 Å². The summed E-state index contributed by atoms with van der Waals surface area (Å²) in [5.41, 5.74) is 7.08. The Hall–Kier alpha value is -1.00. The van der Waals surface area contributed by atoms with E-state index < -0.39 is 0 Å². The fourth-order valence-corrected chi connectivity index (χ4v) is 2.48. The molecule has 0 spiro atoms. The topological polar surface area (TPSA) is 55.0 Å². The smallest absolute Gasteiger partial charge is 0.125 e. The molecule has 94 valence electrons. The first kappa shape index (κ1) is 12.5. The van der Waals surface area contributed by atoms with Crippen molar-refractivity contribution in [1.82, 2.24) is 14.9 Å². The van der Waals surface area contributed by atoms with Gasteiger partial charge in [0, 0.05) is 24.5 Å². The van der Waals surface area contributed by atoms with Crippen LogP contribution >= 0.6 is 0 Å². The standard InChI is InChI=1S/C13H22N4/c1-11-15-9-12(10-16-11)13(8-14)17-6-4-2-3-5-7-17/h9-10,13H,2-8,14H2,1H3/t13-/m1/s1. The molecule has 0 bridgehead atoms. The van der Waals surface area contributed by atoms with E-state index >= 15 is 0 Å². The summed E-state index contributed by atoms with van der Waals surface area (Å²) < 4.78 is 0. The highest BCUT2D eigenvalue weighted by atomic mass is 15.2. The Bertz CT molecular complexity index is 328. The van der Waals surface area contributed by atoms with E-state index in [0.29, 0.717) is 6.54 Å². The van der Waals surface area contributed by atoms with E-state index in [1.807, 2.05) is 19.3 Å². The zero-order valence-electron chi connectivity index (χ0n) is 10.6. The van der Waals surface area contributed by atoms with Gasteiger partial charge in [-0.15, -0.1) is 0 Å². The minimum atomic E-state index is 0.286. The van der Waals surface area contributed by atoms with E-state index in [1.165, 1.54) is 25.7 Å². The summed E-state index contributed by atoms with van der Waals surface area (Å²) in [4.78, 5) is 11.0. The van der Waals surface area contributed by atoms with Crippen molar-refractivity contribution in [2.75, 3.05) is 19.6 Å². The summed E-state index contributed by atoms with van der Waals surface area (Å²) in [7, 11) is 0. The molecule has 17 heavy (non-hydrogen) atoms. The van der Waals surface area contributed by atoms with Crippen LogP contribution in [0.15, 0.2) is 12.4 Å². The Morgan fingerprint density at radius 2 is 1.76 bits per heavy atom. The van der Waals surface area contributed by atoms with Crippen molar-refractivity contribution in [3.63, 3.8) is 0 Å². The fraction of sp³-hybridized carbons (Fsp3) is 0.692. The number of aryl methyl sites for hydroxylation is 1. The van der Waals surface area contributed by atoms with Gasteiger partial charge in [-0.3, -0.25) is 4.90 Å². The molecular formula is C13H22N4. The Morgan fingerprint density at radius 3 is 2.29 bits per heavy atom. The first-order chi connectivity index (χ1) is 8.31. The molecule has 1 fully saturated rings. The first-order valence-corrected chi connectivity index (χ1v) is 6.54. The lowest BCUT2D eigenvalue weighted by Gasteiger charge is -2.29. The molecule has 2 heterocycles. The lowest BCUT2D eigenvalue weighted by molar-refractivity contribution is 0.209. The van der Waals surface area contributed by atoms with Crippen LogP contribution in [0.3, 0.4) is 0 Å². The minimum absolute atomic E-state index is 0.286. The molecule has 1 aliphatic heterocycles. The van der Waals surface area contributed by atoms with Crippen molar-refractivity contribution in [2.24, 2.45) is 5.73 Å². The number of rotatable bonds is 3. The van der Waals surface area contributed by atoms with E-state index in [1.54, 1.807) is 0 Å². The van der Waals surface area contributed by atoms with Crippen molar-refractivity contribution in [3.8, 4) is 0 Å². The average molecular weight is 234 g/mol. The quantitative estimate of drug-likeness (QED) is 0.864. The molecule has 4 heteroatoms. The predicted octanol–water partition coefficient (Wildman–Crippen LogP) is 1.66. The zero-order chi connectivity index (χ0) is 12.1. The molecule has 1 saturated heterocycles. The highest BCUT2D eigenvalue weighted by Crippen LogP contribution is 2.22. The van der Waals surface area contributed by atoms with E-state index in [9.17, 15) is 0 Å². The Balaban J connectivity index is 2.11. The molecule has 0 aromatic carbocycles. The Kier molecular flexibility index (Phi) is 4.45. The Labute approximate surface area is 103 Å². The summed E-state index contributed by atoms with van der Waals surface area (Å²) in [6, 6.07) is 0.286. The predicted molar refractivity (Wildman–Crippen MR) is 68.6 cm³/mol. The third-order valence-corrected chi connectivity index (χ3v) is 3.49. The zero-order valence-corrected chi connectivity index (χ0v) is 10.6. The highest BCUT2D eigenvalue weighted by molar-refractivity contribution is 5.11. The molecule has 0 saturated carbocycles. The lowest BCUT2D eigenvalue weighted by atomic mass is 10.1. The van der Waals surface area contributed by atoms with Crippen LogP contribution in [0.25, 0.3) is 0 Å². The number of hydrogen-bond acceptors (Lipinski definition) is 4. The van der Waals surface area contributed by atoms with Crippen LogP contribution in [-0.4, -0.2) is 34.5 Å². The number of nitrogens with two attached hydrogens (primary N) is 1. The van der Waals surface area contributed by atoms with Gasteiger partial charge < -0.3 is 5.73 Å². The summed E-state index contributed by atoms with van der Waals surface area (Å²) in [5.74, 6) is 0.820. The van der Waals surface area contributed by atoms with Crippen LogP contribution in [0.1, 0.15) is 43.1 Å². The van der Waals surface area contributed by atoms with E-state index in [-0.39, 0.29) is 6.04 Å². The van der Waals surface area contributed by atoms with Crippen molar-refractivity contribution >= 4 is 0 Å². The van der Waals surface area contributed by atoms with Gasteiger partial charge in [0.15, 0.2) is 0 Å². The third kappa shape index (κ3) is 3.23. The molecule has 0 aliphatic carbocycles. The van der Waals surface area contributed by atoms with Crippen LogP contribution < -0.4 is 5.73 Å². The van der Waals surface area contributed by atoms with Gasteiger partial charge in [0.1, 0.15) is 5.82 Å². The second-order valence-electron chi connectivity index (χ2n) is 4.77. The molecule has 0 radical (unpaired) electrons. The van der Waals surface area contributed by atoms with Gasteiger partial charge in [0.05, 0.1) is 6.04 Å². The molecule has 1 aliphatic rings. The molecule has 4 nitrogen and oxygen atoms in total. The maximum absolute atomic E-state index is 5.93. The van der Waals surface area contributed by atoms with Crippen molar-refractivity contribution in [2.45, 2.75) is 38.6 Å². The number of aromatic nitrogens is 2. The van der Waals surface area contributed by atoms with Crippen molar-refractivity contribution in [1.29, 1.82) is 0 Å². The first-order valence-electron chi connectivity index (χ1n) is 6.54. The van der Waals surface area contributed by atoms with Gasteiger partial charge >= 0.3 is 0 Å². The minimum Gasteiger partial charge on any atom is -0.329 e. The molecule has 1 aromatic heterocycles. The van der Waals surface area contributed by atoms with Crippen molar-refractivity contribution < 1.29 is 0 Å². The number of hydrogen-bond donors (Lipinski definition) is 1. The monoisotopic (exact) mass is 234 g/mol. The maximum Gasteiger partial charge on any atom is 0.125 e. The lowest BCUT2D eigenvalue weighted by Crippen LogP contribution is -2.34. The van der Waals surface area contributed by atoms with Gasteiger partial charge in [-0.1, -0.05) is 12.8 Å². The molecule has 1 atom stereocenters. The second kappa shape index (κ2) is 6.07. The Morgan fingerprint density at radius 1 is 1.18 bits per heavy atom. The summed E-state index contributed by atoms with van der Waals surface area (Å²) in [5, 5.41) is 0. The summed E-state index contributed by atoms with van der Waals surface area (Å²) in [6.07, 6.45) is 9.10. The summed E-state index contributed by atoms with van der Waals surface area (Å²) in [6.45, 7) is 4.85. The van der Waals surface area contributed by atoms with Gasteiger partial charge in [-0.25, -0.2) is 9.97 Å². The molecular weight excluding hydrogens is 212 g/mol. The molecule has 2 rings (SSSR count). The van der Waals surface area contributed by atoms with Crippen LogP contribution in [-0.2, 0) is 0 Å². The van der Waals surface area contributed by atoms with E-state index in [4.69, 9.17) is 5.73 Å². The van der Waals surface area contributed by atoms with E-state index in [0.717, 1.165) is 24.5 Å². The SMILES string of the molecule is Cc1ncc([C@@H](CN)N2CCCCCC2)cn1. The number of nitrogens with zero attached hydrogens (tertiary/aromatic N) is 3. The second-order valence-corrected chi connectivity index (χ2v) is 4.77. The van der Waals surface area contributed by atoms with Gasteiger partial charge in [-0.2, -0.15) is 0 Å². The fourth-order valence-electron chi connectivity index (χ4n) is 2.48. The molecule has 0 unspecified atom stereocenters. The van der Waals surface area contributed by atoms with E-state index in [2.05, 4.69) is 14.9 Å². The van der Waals surface area contributed by atoms with Crippen molar-refractivity contribution in [3.05, 3.63) is 23.8 Å². The van der Waals surface area contributed by atoms with Crippen LogP contribution in [0.5, 0.6) is 0 Å². The molecule has 1 aromatic rings. The molecule has 0 amide bonds. The normalized spacial score (nSPS) is 19.9. The maximum atomic E-state index is 5.93. The molecule has 2 N–H and O–H groups in total. The van der Waals surface area contributed by atoms with Gasteiger partial charge in [-0.05, 0) is 32.9 Å². The van der Waals surface area contributed by atoms with Crippen LogP contribution in [0.4, 0.5) is 0 Å². The third-order valence-electron chi connectivity index (χ3n) is 3.49. The van der Waals surface area contributed by atoms with Crippen LogP contribution in [0.2, 0.25) is 0 Å². The largest absolute Gasteiger partial charge is 0.329 e. The highest BCUT2D eigenvalue weighted by Gasteiger charge is 2.20.